The predicted octanol–water partition coefficient (Wildman–Crippen LogP) is 1.93. The van der Waals surface area contributed by atoms with Crippen LogP contribution in [0.15, 0.2) is 64.2 Å². The Bertz CT molecular complexity index is 820. The van der Waals surface area contributed by atoms with Crippen molar-refractivity contribution in [2.75, 3.05) is 5.73 Å². The Hall–Kier alpha value is -2.34. The van der Waals surface area contributed by atoms with Crippen molar-refractivity contribution < 1.29 is 8.42 Å². The minimum absolute atomic E-state index is 0.0723. The number of dihydropyridines is 1. The normalized spacial score (nSPS) is 23.0. The number of benzene rings is 1. The Morgan fingerprint density at radius 3 is 2.77 bits per heavy atom. The summed E-state index contributed by atoms with van der Waals surface area (Å²) in [6.07, 6.45) is 11.1. The number of rotatable bonds is 3. The van der Waals surface area contributed by atoms with E-state index in [0.29, 0.717) is 5.70 Å². The molecule has 6 heteroatoms. The summed E-state index contributed by atoms with van der Waals surface area (Å²) < 4.78 is 27.8. The van der Waals surface area contributed by atoms with Crippen LogP contribution >= 0.6 is 0 Å². The molecule has 1 heterocycles. The third kappa shape index (κ3) is 2.69. The van der Waals surface area contributed by atoms with Gasteiger partial charge in [0.25, 0.3) is 10.0 Å². The molecule has 0 radical (unpaired) electrons. The molecule has 0 saturated heterocycles. The third-order valence-electron chi connectivity index (χ3n) is 3.67. The van der Waals surface area contributed by atoms with Crippen molar-refractivity contribution in [3.63, 3.8) is 0 Å². The number of hydrogen-bond acceptors (Lipinski definition) is 4. The number of nitrogens with two attached hydrogens (primary N) is 1. The Morgan fingerprint density at radius 2 is 2.00 bits per heavy atom. The predicted molar refractivity (Wildman–Crippen MR) is 88.0 cm³/mol. The lowest BCUT2D eigenvalue weighted by molar-refractivity contribution is 0.574. The van der Waals surface area contributed by atoms with E-state index in [-0.39, 0.29) is 22.5 Å². The van der Waals surface area contributed by atoms with Crippen molar-refractivity contribution in [3.8, 4) is 0 Å². The smallest absolute Gasteiger partial charge is 0.263 e. The van der Waals surface area contributed by atoms with Crippen LogP contribution in [0.3, 0.4) is 0 Å². The van der Waals surface area contributed by atoms with Crippen molar-refractivity contribution in [2.24, 2.45) is 10.9 Å². The molecule has 0 spiro atoms. The van der Waals surface area contributed by atoms with Crippen molar-refractivity contribution in [1.82, 2.24) is 4.72 Å². The van der Waals surface area contributed by atoms with Gasteiger partial charge in [0.05, 0.1) is 11.4 Å². The van der Waals surface area contributed by atoms with Gasteiger partial charge in [-0.3, -0.25) is 9.71 Å². The second-order valence-electron chi connectivity index (χ2n) is 5.36. The molecule has 1 aromatic carbocycles. The summed E-state index contributed by atoms with van der Waals surface area (Å²) in [5, 5.41) is 0. The molecule has 3 rings (SSSR count). The summed E-state index contributed by atoms with van der Waals surface area (Å²) in [5.74, 6) is 0.0723. The monoisotopic (exact) mass is 315 g/mol. The van der Waals surface area contributed by atoms with E-state index in [1.165, 1.54) is 6.07 Å². The first kappa shape index (κ1) is 14.6. The lowest BCUT2D eigenvalue weighted by atomic mass is 9.91. The van der Waals surface area contributed by atoms with Crippen molar-refractivity contribution in [1.29, 1.82) is 0 Å². The van der Waals surface area contributed by atoms with Gasteiger partial charge >= 0.3 is 0 Å². The molecule has 0 bridgehead atoms. The first-order valence-corrected chi connectivity index (χ1v) is 8.43. The number of nitrogens with zero attached hydrogens (tertiary/aromatic N) is 1. The number of anilines is 1. The molecule has 0 aromatic heterocycles. The zero-order chi connectivity index (χ0) is 15.7. The van der Waals surface area contributed by atoms with Gasteiger partial charge in [-0.1, -0.05) is 24.3 Å². The number of fused-ring (bicyclic) bond motifs is 1. The highest BCUT2D eigenvalue weighted by Gasteiger charge is 2.28. The topological polar surface area (TPSA) is 84.5 Å². The van der Waals surface area contributed by atoms with Gasteiger partial charge in [0.1, 0.15) is 10.9 Å². The van der Waals surface area contributed by atoms with Gasteiger partial charge in [-0.2, -0.15) is 0 Å². The zero-order valence-corrected chi connectivity index (χ0v) is 12.9. The molecule has 2 unspecified atom stereocenters. The number of sulfonamides is 1. The van der Waals surface area contributed by atoms with E-state index in [0.717, 1.165) is 5.56 Å². The van der Waals surface area contributed by atoms with E-state index in [4.69, 9.17) is 5.73 Å². The Morgan fingerprint density at radius 1 is 1.23 bits per heavy atom. The van der Waals surface area contributed by atoms with Gasteiger partial charge < -0.3 is 5.73 Å². The van der Waals surface area contributed by atoms with Crippen LogP contribution in [0, 0.1) is 12.8 Å². The number of hydrogen-bond donors (Lipinski definition) is 2. The summed E-state index contributed by atoms with van der Waals surface area (Å²) in [6, 6.07) is 4.66. The van der Waals surface area contributed by atoms with E-state index in [1.807, 2.05) is 31.2 Å². The molecule has 2 aliphatic rings. The molecule has 3 N–H and O–H groups in total. The van der Waals surface area contributed by atoms with Crippen LogP contribution < -0.4 is 10.5 Å². The highest BCUT2D eigenvalue weighted by atomic mass is 32.2. The van der Waals surface area contributed by atoms with E-state index in [1.54, 1.807) is 24.4 Å². The molecule has 5 nitrogen and oxygen atoms in total. The molecule has 22 heavy (non-hydrogen) atoms. The van der Waals surface area contributed by atoms with E-state index in [2.05, 4.69) is 9.71 Å². The largest absolute Gasteiger partial charge is 0.398 e. The molecule has 1 aliphatic heterocycles. The van der Waals surface area contributed by atoms with Crippen molar-refractivity contribution >= 4 is 21.9 Å². The fraction of sp³-hybridized carbons (Fsp3) is 0.188. The highest BCUT2D eigenvalue weighted by molar-refractivity contribution is 7.89. The van der Waals surface area contributed by atoms with Crippen LogP contribution in [0.5, 0.6) is 0 Å². The fourth-order valence-electron chi connectivity index (χ4n) is 2.59. The van der Waals surface area contributed by atoms with Crippen LogP contribution in [0.1, 0.15) is 5.56 Å². The standard InChI is InChI=1S/C16H17N3O2S/c1-11-7-8-15(13(17)10-11)22(20,21)19-14-6-2-4-12-5-3-9-18-16(12)14/h2-10,12,16,19H,17H2,1H3. The summed E-state index contributed by atoms with van der Waals surface area (Å²) in [7, 11) is -3.73. The molecule has 1 aliphatic carbocycles. The average Bonchev–Trinajstić information content (AvgIpc) is 2.47. The molecule has 0 fully saturated rings. The van der Waals surface area contributed by atoms with E-state index in [9.17, 15) is 8.42 Å². The van der Waals surface area contributed by atoms with Gasteiger partial charge in [0.2, 0.25) is 0 Å². The molecular weight excluding hydrogens is 298 g/mol. The Balaban J connectivity index is 1.91. The van der Waals surface area contributed by atoms with Crippen molar-refractivity contribution in [3.05, 3.63) is 59.8 Å². The van der Waals surface area contributed by atoms with Gasteiger partial charge in [0, 0.05) is 12.1 Å². The van der Waals surface area contributed by atoms with Crippen LogP contribution in [-0.2, 0) is 10.0 Å². The Kier molecular flexibility index (Phi) is 3.62. The minimum atomic E-state index is -3.73. The summed E-state index contributed by atoms with van der Waals surface area (Å²) in [6.45, 7) is 1.86. The quantitative estimate of drug-likeness (QED) is 0.836. The van der Waals surface area contributed by atoms with Gasteiger partial charge in [-0.25, -0.2) is 8.42 Å². The Labute approximate surface area is 130 Å². The first-order valence-electron chi connectivity index (χ1n) is 6.95. The van der Waals surface area contributed by atoms with Crippen LogP contribution in [0.4, 0.5) is 5.69 Å². The average molecular weight is 315 g/mol. The van der Waals surface area contributed by atoms with Gasteiger partial charge in [-0.15, -0.1) is 0 Å². The maximum Gasteiger partial charge on any atom is 0.263 e. The second-order valence-corrected chi connectivity index (χ2v) is 7.01. The SMILES string of the molecule is Cc1ccc(S(=O)(=O)NC2=CC=CC3C=CC=NC23)c(N)c1. The highest BCUT2D eigenvalue weighted by Crippen LogP contribution is 2.27. The van der Waals surface area contributed by atoms with Crippen LogP contribution in [0.25, 0.3) is 0 Å². The number of nitrogen functional groups attached to an aromatic ring is 1. The molecule has 114 valence electrons. The zero-order valence-electron chi connectivity index (χ0n) is 12.1. The number of allylic oxidation sites excluding steroid dienone is 3. The summed E-state index contributed by atoms with van der Waals surface area (Å²) in [4.78, 5) is 4.44. The number of nitrogens with one attached hydrogen (secondary N) is 1. The molecule has 2 atom stereocenters. The van der Waals surface area contributed by atoms with E-state index < -0.39 is 10.0 Å². The lowest BCUT2D eigenvalue weighted by Crippen LogP contribution is -2.34. The third-order valence-corrected chi connectivity index (χ3v) is 5.12. The summed E-state index contributed by atoms with van der Waals surface area (Å²) in [5.41, 5.74) is 7.55. The van der Waals surface area contributed by atoms with Crippen LogP contribution in [0.2, 0.25) is 0 Å². The molecule has 1 aromatic rings. The summed E-state index contributed by atoms with van der Waals surface area (Å²) >= 11 is 0. The molecule has 0 saturated carbocycles. The van der Waals surface area contributed by atoms with Crippen LogP contribution in [-0.4, -0.2) is 20.7 Å². The minimum Gasteiger partial charge on any atom is -0.398 e. The number of aliphatic imine (C=N–C) groups is 1. The van der Waals surface area contributed by atoms with Crippen molar-refractivity contribution in [2.45, 2.75) is 17.9 Å². The molecular formula is C16H17N3O2S. The second kappa shape index (κ2) is 5.46. The first-order chi connectivity index (χ1) is 10.5. The van der Waals surface area contributed by atoms with Gasteiger partial charge in [0.15, 0.2) is 0 Å². The van der Waals surface area contributed by atoms with Gasteiger partial charge in [-0.05, 0) is 36.8 Å². The van der Waals surface area contributed by atoms with E-state index >= 15 is 0 Å². The molecule has 0 amide bonds. The maximum absolute atomic E-state index is 12.6. The maximum atomic E-state index is 12.6. The fourth-order valence-corrected chi connectivity index (χ4v) is 3.81. The number of aryl methyl sites for hydroxylation is 1. The lowest BCUT2D eigenvalue weighted by Gasteiger charge is -2.26.